The summed E-state index contributed by atoms with van der Waals surface area (Å²) in [6.07, 6.45) is 8.80. The smallest absolute Gasteiger partial charge is 0.251 e. The molecule has 5 rings (SSSR count). The summed E-state index contributed by atoms with van der Waals surface area (Å²) in [5.74, 6) is 1.85. The van der Waals surface area contributed by atoms with Gasteiger partial charge in [-0.15, -0.1) is 0 Å². The van der Waals surface area contributed by atoms with E-state index < -0.39 is 11.7 Å². The second kappa shape index (κ2) is 7.76. The molecule has 0 bridgehead atoms. The van der Waals surface area contributed by atoms with E-state index >= 15 is 0 Å². The van der Waals surface area contributed by atoms with Gasteiger partial charge in [0, 0.05) is 57.7 Å². The van der Waals surface area contributed by atoms with Gasteiger partial charge in [0.1, 0.15) is 17.2 Å². The van der Waals surface area contributed by atoms with Crippen molar-refractivity contribution in [1.82, 2.24) is 19.9 Å². The summed E-state index contributed by atoms with van der Waals surface area (Å²) in [6.45, 7) is 3.46. The van der Waals surface area contributed by atoms with E-state index in [4.69, 9.17) is 9.47 Å². The van der Waals surface area contributed by atoms with Gasteiger partial charge >= 0.3 is 0 Å². The lowest BCUT2D eigenvalue weighted by molar-refractivity contribution is -0.167. The van der Waals surface area contributed by atoms with Crippen LogP contribution < -0.4 is 10.2 Å². The van der Waals surface area contributed by atoms with Crippen molar-refractivity contribution in [3.05, 3.63) is 42.6 Å². The lowest BCUT2D eigenvalue weighted by Crippen LogP contribution is -2.54. The number of anilines is 1. The molecule has 3 aliphatic heterocycles. The number of carbonyl (C=O) groups is 1. The summed E-state index contributed by atoms with van der Waals surface area (Å²) in [5, 5.41) is 3.03. The number of amides is 1. The second-order valence-corrected chi connectivity index (χ2v) is 8.06. The number of nitrogens with one attached hydrogen (secondary N) is 1. The average Bonchev–Trinajstić information content (AvgIpc) is 3.45. The highest BCUT2D eigenvalue weighted by molar-refractivity contribution is 5.81. The molecule has 0 saturated carbocycles. The molecular weight excluding hydrogens is 370 g/mol. The lowest BCUT2D eigenvalue weighted by atomic mass is 9.88. The first-order valence-electron chi connectivity index (χ1n) is 10.5. The number of piperidine rings is 1. The van der Waals surface area contributed by atoms with Crippen molar-refractivity contribution in [2.75, 3.05) is 31.1 Å². The molecule has 1 amide bonds. The third-order valence-corrected chi connectivity index (χ3v) is 6.22. The number of rotatable bonds is 4. The summed E-state index contributed by atoms with van der Waals surface area (Å²) in [5.41, 5.74) is -0.529. The van der Waals surface area contributed by atoms with Crippen LogP contribution in [-0.2, 0) is 26.4 Å². The Hall–Kier alpha value is -2.45. The molecule has 2 fully saturated rings. The largest absolute Gasteiger partial charge is 0.376 e. The molecule has 2 aromatic rings. The van der Waals surface area contributed by atoms with E-state index in [0.717, 1.165) is 57.0 Å². The van der Waals surface area contributed by atoms with Gasteiger partial charge in [-0.3, -0.25) is 4.79 Å². The molecule has 0 aromatic carbocycles. The first-order valence-corrected chi connectivity index (χ1v) is 10.5. The van der Waals surface area contributed by atoms with Crippen molar-refractivity contribution in [1.29, 1.82) is 0 Å². The zero-order chi connectivity index (χ0) is 19.7. The van der Waals surface area contributed by atoms with Crippen molar-refractivity contribution in [2.45, 2.75) is 50.0 Å². The number of ether oxygens (including phenoxy) is 2. The van der Waals surface area contributed by atoms with Crippen LogP contribution in [0.5, 0.6) is 0 Å². The van der Waals surface area contributed by atoms with Gasteiger partial charge in [-0.25, -0.2) is 9.97 Å². The Morgan fingerprint density at radius 1 is 1.24 bits per heavy atom. The molecule has 2 saturated heterocycles. The van der Waals surface area contributed by atoms with Crippen LogP contribution in [0.3, 0.4) is 0 Å². The van der Waals surface area contributed by atoms with Crippen molar-refractivity contribution >= 4 is 11.7 Å². The quantitative estimate of drug-likeness (QED) is 0.841. The summed E-state index contributed by atoms with van der Waals surface area (Å²) in [7, 11) is 0. The van der Waals surface area contributed by atoms with E-state index in [9.17, 15) is 4.79 Å². The minimum absolute atomic E-state index is 0.0635. The maximum atomic E-state index is 12.9. The Balaban J connectivity index is 1.29. The Labute approximate surface area is 170 Å². The van der Waals surface area contributed by atoms with Crippen LogP contribution in [0.2, 0.25) is 0 Å². The standard InChI is InChI=1S/C21H27N5O3/c27-19(24-14-16-4-3-13-28-16)17-15-26-12-9-23-20(26)21(29-17)6-10-25(11-7-21)18-5-1-2-8-22-18/h1-2,5,8-9,12,16-17H,3-4,6-7,10-11,13-15H2,(H,24,27). The van der Waals surface area contributed by atoms with Gasteiger partial charge in [-0.2, -0.15) is 0 Å². The number of pyridine rings is 1. The minimum Gasteiger partial charge on any atom is -0.376 e. The van der Waals surface area contributed by atoms with E-state index in [1.54, 1.807) is 6.20 Å². The molecular formula is C21H27N5O3. The normalized spacial score (nSPS) is 25.7. The Morgan fingerprint density at radius 2 is 2.14 bits per heavy atom. The molecule has 2 unspecified atom stereocenters. The van der Waals surface area contributed by atoms with E-state index in [-0.39, 0.29) is 12.0 Å². The monoisotopic (exact) mass is 397 g/mol. The molecule has 0 radical (unpaired) electrons. The third-order valence-electron chi connectivity index (χ3n) is 6.22. The predicted octanol–water partition coefficient (Wildman–Crippen LogP) is 1.47. The van der Waals surface area contributed by atoms with Gasteiger partial charge in [-0.1, -0.05) is 6.07 Å². The highest BCUT2D eigenvalue weighted by Gasteiger charge is 2.47. The van der Waals surface area contributed by atoms with Crippen molar-refractivity contribution in [3.63, 3.8) is 0 Å². The first-order chi connectivity index (χ1) is 14.2. The van der Waals surface area contributed by atoms with Gasteiger partial charge < -0.3 is 24.3 Å². The fraction of sp³-hybridized carbons (Fsp3) is 0.571. The van der Waals surface area contributed by atoms with Crippen LogP contribution in [-0.4, -0.2) is 58.9 Å². The van der Waals surface area contributed by atoms with E-state index in [2.05, 4.69) is 24.8 Å². The molecule has 2 aromatic heterocycles. The maximum Gasteiger partial charge on any atom is 0.251 e. The number of hydrogen-bond acceptors (Lipinski definition) is 6. The summed E-state index contributed by atoms with van der Waals surface area (Å²) in [6, 6.07) is 5.96. The molecule has 8 nitrogen and oxygen atoms in total. The van der Waals surface area contributed by atoms with Gasteiger partial charge in [0.15, 0.2) is 6.10 Å². The van der Waals surface area contributed by atoms with Gasteiger partial charge in [0.2, 0.25) is 0 Å². The van der Waals surface area contributed by atoms with Crippen LogP contribution in [0.4, 0.5) is 5.82 Å². The fourth-order valence-corrected chi connectivity index (χ4v) is 4.65. The van der Waals surface area contributed by atoms with E-state index in [1.165, 1.54) is 0 Å². The van der Waals surface area contributed by atoms with Crippen LogP contribution in [0.25, 0.3) is 0 Å². The van der Waals surface area contributed by atoms with Gasteiger partial charge in [0.25, 0.3) is 5.91 Å². The SMILES string of the molecule is O=C(NCC1CCCO1)C1Cn2ccnc2C2(CCN(c3ccccn3)CC2)O1. The van der Waals surface area contributed by atoms with Crippen LogP contribution in [0.1, 0.15) is 31.5 Å². The molecule has 5 heterocycles. The number of fused-ring (bicyclic) bond motifs is 2. The molecule has 154 valence electrons. The first kappa shape index (κ1) is 18.6. The average molecular weight is 397 g/mol. The predicted molar refractivity (Wildman–Crippen MR) is 106 cm³/mol. The number of nitrogens with zero attached hydrogens (tertiary/aromatic N) is 4. The minimum atomic E-state index is -0.529. The Bertz CT molecular complexity index is 841. The molecule has 2 atom stereocenters. The molecule has 29 heavy (non-hydrogen) atoms. The summed E-state index contributed by atoms with van der Waals surface area (Å²) >= 11 is 0. The summed E-state index contributed by atoms with van der Waals surface area (Å²) in [4.78, 5) is 24.2. The van der Waals surface area contributed by atoms with E-state index in [0.29, 0.717) is 13.1 Å². The maximum absolute atomic E-state index is 12.9. The Morgan fingerprint density at radius 3 is 2.90 bits per heavy atom. The van der Waals surface area contributed by atoms with E-state index in [1.807, 2.05) is 30.6 Å². The molecule has 1 N–H and O–H groups in total. The number of aromatic nitrogens is 3. The third kappa shape index (κ3) is 3.62. The van der Waals surface area contributed by atoms with Gasteiger partial charge in [0.05, 0.1) is 12.6 Å². The molecule has 3 aliphatic rings. The van der Waals surface area contributed by atoms with Crippen molar-refractivity contribution in [3.8, 4) is 0 Å². The molecule has 8 heteroatoms. The van der Waals surface area contributed by atoms with Crippen LogP contribution in [0.15, 0.2) is 36.8 Å². The molecule has 1 spiro atoms. The lowest BCUT2D eigenvalue weighted by Gasteiger charge is -2.45. The zero-order valence-electron chi connectivity index (χ0n) is 16.5. The zero-order valence-corrected chi connectivity index (χ0v) is 16.5. The second-order valence-electron chi connectivity index (χ2n) is 8.06. The summed E-state index contributed by atoms with van der Waals surface area (Å²) < 4.78 is 14.2. The van der Waals surface area contributed by atoms with Crippen LogP contribution >= 0.6 is 0 Å². The van der Waals surface area contributed by atoms with Gasteiger partial charge in [-0.05, 0) is 25.0 Å². The highest BCUT2D eigenvalue weighted by Crippen LogP contribution is 2.40. The van der Waals surface area contributed by atoms with Crippen LogP contribution in [0, 0.1) is 0 Å². The topological polar surface area (TPSA) is 81.5 Å². The number of imidazole rings is 1. The van der Waals surface area contributed by atoms with Crippen molar-refractivity contribution in [2.24, 2.45) is 0 Å². The Kier molecular flexibility index (Phi) is 4.97. The number of carbonyl (C=O) groups excluding carboxylic acids is 1. The highest BCUT2D eigenvalue weighted by atomic mass is 16.5. The van der Waals surface area contributed by atoms with Crippen molar-refractivity contribution < 1.29 is 14.3 Å². The fourth-order valence-electron chi connectivity index (χ4n) is 4.65. The number of hydrogen-bond donors (Lipinski definition) is 1. The molecule has 0 aliphatic carbocycles.